The summed E-state index contributed by atoms with van der Waals surface area (Å²) < 4.78 is 0. The number of nitrogens with one attached hydrogen (secondary N) is 2. The second kappa shape index (κ2) is 6.75. The molecule has 0 unspecified atom stereocenters. The van der Waals surface area contributed by atoms with Crippen molar-refractivity contribution in [3.05, 3.63) is 0 Å². The van der Waals surface area contributed by atoms with E-state index in [1.165, 1.54) is 6.92 Å². The Hall–Kier alpha value is -1.67. The van der Waals surface area contributed by atoms with Crippen LogP contribution >= 0.6 is 0 Å². The van der Waals surface area contributed by atoms with Gasteiger partial charge in [-0.15, -0.1) is 0 Å². The zero-order chi connectivity index (χ0) is 12.7. The van der Waals surface area contributed by atoms with Crippen molar-refractivity contribution in [1.29, 1.82) is 0 Å². The third-order valence-electron chi connectivity index (χ3n) is 1.75. The number of carboxylic acid groups (broad SMARTS) is 1. The van der Waals surface area contributed by atoms with E-state index in [0.717, 1.165) is 0 Å². The van der Waals surface area contributed by atoms with Crippen LogP contribution in [0.5, 0.6) is 0 Å². The van der Waals surface area contributed by atoms with Gasteiger partial charge in [0.05, 0.1) is 13.2 Å². The molecule has 0 heterocycles. The lowest BCUT2D eigenvalue weighted by Crippen LogP contribution is -2.53. The number of hydrogen-bond donors (Lipinski definition) is 5. The van der Waals surface area contributed by atoms with Gasteiger partial charge in [-0.3, -0.25) is 14.4 Å². The summed E-state index contributed by atoms with van der Waals surface area (Å²) in [6.07, 6.45) is 0. The lowest BCUT2D eigenvalue weighted by atomic mass is 10.2. The van der Waals surface area contributed by atoms with Gasteiger partial charge in [0.15, 0.2) is 0 Å². The first-order valence-corrected chi connectivity index (χ1v) is 4.55. The summed E-state index contributed by atoms with van der Waals surface area (Å²) in [6, 6.07) is -2.30. The van der Waals surface area contributed by atoms with Gasteiger partial charge in [0.2, 0.25) is 11.8 Å². The van der Waals surface area contributed by atoms with Gasteiger partial charge in [-0.1, -0.05) is 0 Å². The molecule has 0 fully saturated rings. The molecule has 8 nitrogen and oxygen atoms in total. The first kappa shape index (κ1) is 14.3. The molecule has 0 saturated carbocycles. The molecule has 0 bridgehead atoms. The van der Waals surface area contributed by atoms with Gasteiger partial charge in [-0.25, -0.2) is 0 Å². The van der Waals surface area contributed by atoms with Gasteiger partial charge < -0.3 is 26.6 Å². The predicted octanol–water partition coefficient (Wildman–Crippen LogP) is -2.99. The summed E-state index contributed by atoms with van der Waals surface area (Å²) >= 11 is 0. The fourth-order valence-electron chi connectivity index (χ4n) is 0.823. The molecule has 0 spiro atoms. The fraction of sp³-hybridized carbons (Fsp3) is 0.625. The number of carbonyl (C=O) groups is 3. The molecule has 0 radical (unpaired) electrons. The smallest absolute Gasteiger partial charge is 0.325 e. The van der Waals surface area contributed by atoms with Crippen molar-refractivity contribution < 1.29 is 24.6 Å². The minimum atomic E-state index is -1.21. The molecule has 0 rings (SSSR count). The second-order valence-corrected chi connectivity index (χ2v) is 3.08. The Balaban J connectivity index is 4.31. The van der Waals surface area contributed by atoms with E-state index < -0.39 is 36.5 Å². The quantitative estimate of drug-likeness (QED) is 0.331. The number of aliphatic hydroxyl groups excluding tert-OH is 1. The molecule has 6 N–H and O–H groups in total. The zero-order valence-corrected chi connectivity index (χ0v) is 8.77. The third-order valence-corrected chi connectivity index (χ3v) is 1.75. The molecule has 0 saturated heterocycles. The second-order valence-electron chi connectivity index (χ2n) is 3.08. The zero-order valence-electron chi connectivity index (χ0n) is 8.77. The van der Waals surface area contributed by atoms with Crippen LogP contribution in [0.3, 0.4) is 0 Å². The van der Waals surface area contributed by atoms with Gasteiger partial charge in [-0.05, 0) is 6.92 Å². The van der Waals surface area contributed by atoms with Crippen LogP contribution in [0.15, 0.2) is 0 Å². The molecule has 0 aromatic carbocycles. The van der Waals surface area contributed by atoms with E-state index in [1.807, 2.05) is 0 Å². The standard InChI is InChI=1S/C8H15N3O5/c1-4(8(15)16)10-7(14)5(3-12)11-6(13)2-9/h4-5,12H,2-3,9H2,1H3,(H,10,14)(H,11,13)(H,15,16)/t4-,5+/m1/s1. The average Bonchev–Trinajstić information content (AvgIpc) is 2.24. The van der Waals surface area contributed by atoms with E-state index in [0.29, 0.717) is 0 Å². The maximum Gasteiger partial charge on any atom is 0.325 e. The number of carbonyl (C=O) groups excluding carboxylic acids is 2. The number of carboxylic acids is 1. The molecule has 0 aliphatic heterocycles. The van der Waals surface area contributed by atoms with Gasteiger partial charge in [0.25, 0.3) is 0 Å². The molecule has 0 aromatic rings. The topological polar surface area (TPSA) is 142 Å². The maximum atomic E-state index is 11.4. The highest BCUT2D eigenvalue weighted by Gasteiger charge is 2.22. The summed E-state index contributed by atoms with van der Waals surface area (Å²) in [6.45, 7) is 0.307. The Bertz CT molecular complexity index is 281. The first-order chi connectivity index (χ1) is 7.42. The summed E-state index contributed by atoms with van der Waals surface area (Å²) in [5.41, 5.74) is 5.01. The highest BCUT2D eigenvalue weighted by molar-refractivity contribution is 5.90. The number of amides is 2. The highest BCUT2D eigenvalue weighted by Crippen LogP contribution is 1.87. The SMILES string of the molecule is C[C@@H](NC(=O)[C@H](CO)NC(=O)CN)C(=O)O. The van der Waals surface area contributed by atoms with E-state index in [2.05, 4.69) is 10.6 Å². The number of aliphatic hydroxyl groups is 1. The molecule has 2 atom stereocenters. The van der Waals surface area contributed by atoms with Crippen LogP contribution in [0.2, 0.25) is 0 Å². The molecular weight excluding hydrogens is 218 g/mol. The molecule has 0 aliphatic carbocycles. The largest absolute Gasteiger partial charge is 0.480 e. The molecule has 0 aromatic heterocycles. The van der Waals surface area contributed by atoms with Crippen LogP contribution in [-0.4, -0.2) is 53.2 Å². The van der Waals surface area contributed by atoms with E-state index in [-0.39, 0.29) is 6.54 Å². The van der Waals surface area contributed by atoms with Crippen LogP contribution in [0.1, 0.15) is 6.92 Å². The number of aliphatic carboxylic acids is 1. The van der Waals surface area contributed by atoms with Crippen molar-refractivity contribution in [1.82, 2.24) is 10.6 Å². The van der Waals surface area contributed by atoms with E-state index >= 15 is 0 Å². The van der Waals surface area contributed by atoms with Crippen molar-refractivity contribution in [3.8, 4) is 0 Å². The highest BCUT2D eigenvalue weighted by atomic mass is 16.4. The summed E-state index contributed by atoms with van der Waals surface area (Å²) in [5.74, 6) is -2.61. The van der Waals surface area contributed by atoms with Gasteiger partial charge in [0, 0.05) is 0 Å². The van der Waals surface area contributed by atoms with Gasteiger partial charge >= 0.3 is 5.97 Å². The fourth-order valence-corrected chi connectivity index (χ4v) is 0.823. The van der Waals surface area contributed by atoms with Crippen molar-refractivity contribution in [2.45, 2.75) is 19.0 Å². The van der Waals surface area contributed by atoms with Crippen LogP contribution in [0, 0.1) is 0 Å². The van der Waals surface area contributed by atoms with Crippen molar-refractivity contribution in [2.24, 2.45) is 5.73 Å². The summed E-state index contributed by atoms with van der Waals surface area (Å²) in [4.78, 5) is 32.7. The first-order valence-electron chi connectivity index (χ1n) is 4.55. The number of rotatable bonds is 6. The maximum absolute atomic E-state index is 11.4. The van der Waals surface area contributed by atoms with E-state index in [4.69, 9.17) is 15.9 Å². The van der Waals surface area contributed by atoms with E-state index in [1.54, 1.807) is 0 Å². The Kier molecular flexibility index (Phi) is 6.04. The number of nitrogens with two attached hydrogens (primary N) is 1. The van der Waals surface area contributed by atoms with Gasteiger partial charge in [-0.2, -0.15) is 0 Å². The summed E-state index contributed by atoms with van der Waals surface area (Å²) in [7, 11) is 0. The molecule has 8 heteroatoms. The van der Waals surface area contributed by atoms with Crippen LogP contribution in [0.4, 0.5) is 0 Å². The Morgan fingerprint density at radius 3 is 2.25 bits per heavy atom. The normalized spacial score (nSPS) is 13.7. The van der Waals surface area contributed by atoms with Crippen LogP contribution in [-0.2, 0) is 14.4 Å². The van der Waals surface area contributed by atoms with Crippen molar-refractivity contribution >= 4 is 17.8 Å². The molecular formula is C8H15N3O5. The van der Waals surface area contributed by atoms with Crippen molar-refractivity contribution in [3.63, 3.8) is 0 Å². The molecule has 0 aliphatic rings. The lowest BCUT2D eigenvalue weighted by Gasteiger charge is -2.17. The third kappa shape index (κ3) is 4.71. The summed E-state index contributed by atoms with van der Waals surface area (Å²) in [5, 5.41) is 21.6. The van der Waals surface area contributed by atoms with E-state index in [9.17, 15) is 14.4 Å². The van der Waals surface area contributed by atoms with Crippen LogP contribution in [0.25, 0.3) is 0 Å². The minimum Gasteiger partial charge on any atom is -0.480 e. The van der Waals surface area contributed by atoms with Crippen LogP contribution < -0.4 is 16.4 Å². The Morgan fingerprint density at radius 1 is 1.31 bits per heavy atom. The minimum absolute atomic E-state index is 0.321. The predicted molar refractivity (Wildman–Crippen MR) is 53.3 cm³/mol. The van der Waals surface area contributed by atoms with Crippen molar-refractivity contribution in [2.75, 3.05) is 13.2 Å². The monoisotopic (exact) mass is 233 g/mol. The Labute approximate surface area is 91.8 Å². The lowest BCUT2D eigenvalue weighted by molar-refractivity contribution is -0.141. The molecule has 16 heavy (non-hydrogen) atoms. The Morgan fingerprint density at radius 2 is 1.88 bits per heavy atom. The molecule has 2 amide bonds. The van der Waals surface area contributed by atoms with Gasteiger partial charge in [0.1, 0.15) is 12.1 Å². The number of hydrogen-bond acceptors (Lipinski definition) is 5. The molecule has 92 valence electrons. The average molecular weight is 233 g/mol.